The van der Waals surface area contributed by atoms with Crippen molar-refractivity contribution in [3.8, 4) is 0 Å². The van der Waals surface area contributed by atoms with Gasteiger partial charge in [-0.25, -0.2) is 14.8 Å². The molecule has 1 aromatic heterocycles. The minimum atomic E-state index is -1.24. The van der Waals surface area contributed by atoms with Crippen LogP contribution >= 0.6 is 0 Å². The van der Waals surface area contributed by atoms with Crippen molar-refractivity contribution in [3.63, 3.8) is 0 Å². The molecule has 0 atom stereocenters. The van der Waals surface area contributed by atoms with E-state index in [1.54, 1.807) is 24.3 Å². The molecule has 2 aromatic rings. The molecule has 0 aliphatic heterocycles. The van der Waals surface area contributed by atoms with Gasteiger partial charge in [-0.15, -0.1) is 0 Å². The summed E-state index contributed by atoms with van der Waals surface area (Å²) in [5, 5.41) is 18.1. The fraction of sp³-hybridized carbons (Fsp3) is 0. The van der Waals surface area contributed by atoms with Gasteiger partial charge in [-0.1, -0.05) is 12.1 Å². The first-order valence-corrected chi connectivity index (χ1v) is 4.12. The van der Waals surface area contributed by atoms with Crippen molar-refractivity contribution in [2.45, 2.75) is 0 Å². The molecule has 15 heavy (non-hydrogen) atoms. The smallest absolute Gasteiger partial charge is 0.374 e. The van der Waals surface area contributed by atoms with Crippen molar-refractivity contribution in [2.24, 2.45) is 0 Å². The zero-order chi connectivity index (χ0) is 10.8. The second kappa shape index (κ2) is 3.50. The standard InChI is InChI=1S/C9H7N3O3/c13-9(14)8-10-6-4-2-1-3-5(6)7(11-8)12-15/h1-4,15H,(H,13,14)(H,10,11,12). The van der Waals surface area contributed by atoms with Crippen molar-refractivity contribution in [2.75, 3.05) is 5.48 Å². The minimum absolute atomic E-state index is 0.0815. The van der Waals surface area contributed by atoms with E-state index in [0.29, 0.717) is 10.9 Å². The van der Waals surface area contributed by atoms with Crippen molar-refractivity contribution in [1.82, 2.24) is 9.97 Å². The van der Waals surface area contributed by atoms with E-state index in [1.807, 2.05) is 5.48 Å². The molecule has 0 fully saturated rings. The lowest BCUT2D eigenvalue weighted by Crippen LogP contribution is -2.07. The molecule has 2 rings (SSSR count). The third-order valence-electron chi connectivity index (χ3n) is 1.90. The van der Waals surface area contributed by atoms with E-state index in [9.17, 15) is 4.79 Å². The van der Waals surface area contributed by atoms with Crippen LogP contribution < -0.4 is 5.48 Å². The van der Waals surface area contributed by atoms with Gasteiger partial charge in [0.05, 0.1) is 5.52 Å². The van der Waals surface area contributed by atoms with Crippen molar-refractivity contribution in [1.29, 1.82) is 0 Å². The predicted octanol–water partition coefficient (Wildman–Crippen LogP) is 1.13. The highest BCUT2D eigenvalue weighted by Gasteiger charge is 2.11. The van der Waals surface area contributed by atoms with Crippen LogP contribution in [0.25, 0.3) is 10.9 Å². The Hall–Kier alpha value is -2.21. The van der Waals surface area contributed by atoms with Crippen LogP contribution in [0.2, 0.25) is 0 Å². The maximum atomic E-state index is 10.7. The van der Waals surface area contributed by atoms with Gasteiger partial charge >= 0.3 is 5.97 Å². The lowest BCUT2D eigenvalue weighted by molar-refractivity contribution is 0.0684. The van der Waals surface area contributed by atoms with Crippen molar-refractivity contribution < 1.29 is 15.1 Å². The van der Waals surface area contributed by atoms with E-state index < -0.39 is 5.97 Å². The first-order valence-electron chi connectivity index (χ1n) is 4.12. The third-order valence-corrected chi connectivity index (χ3v) is 1.90. The van der Waals surface area contributed by atoms with Crippen molar-refractivity contribution >= 4 is 22.7 Å². The van der Waals surface area contributed by atoms with Gasteiger partial charge in [-0.3, -0.25) is 10.7 Å². The summed E-state index contributed by atoms with van der Waals surface area (Å²) in [6.45, 7) is 0. The maximum absolute atomic E-state index is 10.7. The summed E-state index contributed by atoms with van der Waals surface area (Å²) in [6.07, 6.45) is 0. The number of aromatic carboxylic acids is 1. The number of hydrogen-bond donors (Lipinski definition) is 3. The molecular weight excluding hydrogens is 198 g/mol. The second-order valence-electron chi connectivity index (χ2n) is 2.83. The monoisotopic (exact) mass is 205 g/mol. The molecular formula is C9H7N3O3. The summed E-state index contributed by atoms with van der Waals surface area (Å²) < 4.78 is 0. The van der Waals surface area contributed by atoms with E-state index in [0.717, 1.165) is 0 Å². The van der Waals surface area contributed by atoms with E-state index in [2.05, 4.69) is 9.97 Å². The molecule has 3 N–H and O–H groups in total. The number of carboxylic acids is 1. The predicted molar refractivity (Wildman–Crippen MR) is 51.9 cm³/mol. The number of nitrogens with one attached hydrogen (secondary N) is 1. The van der Waals surface area contributed by atoms with Crippen LogP contribution in [0.1, 0.15) is 10.6 Å². The highest BCUT2D eigenvalue weighted by atomic mass is 16.5. The molecule has 0 bridgehead atoms. The van der Waals surface area contributed by atoms with Crippen LogP contribution in [0.5, 0.6) is 0 Å². The number of hydrogen-bond acceptors (Lipinski definition) is 5. The van der Waals surface area contributed by atoms with Gasteiger partial charge in [0.25, 0.3) is 0 Å². The van der Waals surface area contributed by atoms with E-state index >= 15 is 0 Å². The number of rotatable bonds is 2. The number of fused-ring (bicyclic) bond motifs is 1. The molecule has 76 valence electrons. The molecule has 0 aliphatic rings. The van der Waals surface area contributed by atoms with Gasteiger partial charge in [0, 0.05) is 5.39 Å². The number of carbonyl (C=O) groups is 1. The van der Waals surface area contributed by atoms with E-state index in [1.165, 1.54) is 0 Å². The normalized spacial score (nSPS) is 10.2. The molecule has 1 aromatic carbocycles. The minimum Gasteiger partial charge on any atom is -0.475 e. The van der Waals surface area contributed by atoms with Gasteiger partial charge in [-0.2, -0.15) is 0 Å². The summed E-state index contributed by atoms with van der Waals surface area (Å²) in [4.78, 5) is 18.1. The molecule has 6 heteroatoms. The van der Waals surface area contributed by atoms with Crippen LogP contribution in [0, 0.1) is 0 Å². The maximum Gasteiger partial charge on any atom is 0.374 e. The number of carboxylic acid groups (broad SMARTS) is 1. The summed E-state index contributed by atoms with van der Waals surface area (Å²) in [7, 11) is 0. The number of para-hydroxylation sites is 1. The first kappa shape index (κ1) is 9.35. The van der Waals surface area contributed by atoms with Crippen LogP contribution in [-0.4, -0.2) is 26.3 Å². The molecule has 1 heterocycles. The summed E-state index contributed by atoms with van der Waals surface area (Å²) in [5.74, 6) is -1.51. The quantitative estimate of drug-likeness (QED) is 0.636. The largest absolute Gasteiger partial charge is 0.475 e. The zero-order valence-corrected chi connectivity index (χ0v) is 7.51. The molecule has 0 radical (unpaired) electrons. The molecule has 6 nitrogen and oxygen atoms in total. The van der Waals surface area contributed by atoms with E-state index in [-0.39, 0.29) is 11.6 Å². The Morgan fingerprint density at radius 3 is 2.67 bits per heavy atom. The number of aromatic nitrogens is 2. The highest BCUT2D eigenvalue weighted by Crippen LogP contribution is 2.19. The van der Waals surface area contributed by atoms with Crippen LogP contribution in [-0.2, 0) is 0 Å². The van der Waals surface area contributed by atoms with Gasteiger partial charge in [0.2, 0.25) is 5.82 Å². The summed E-state index contributed by atoms with van der Waals surface area (Å²) >= 11 is 0. The topological polar surface area (TPSA) is 95.3 Å². The third kappa shape index (κ3) is 1.57. The van der Waals surface area contributed by atoms with Gasteiger partial charge in [0.15, 0.2) is 5.82 Å². The molecule has 0 saturated heterocycles. The fourth-order valence-electron chi connectivity index (χ4n) is 1.26. The second-order valence-corrected chi connectivity index (χ2v) is 2.83. The van der Waals surface area contributed by atoms with E-state index in [4.69, 9.17) is 10.3 Å². The van der Waals surface area contributed by atoms with Crippen LogP contribution in [0.3, 0.4) is 0 Å². The number of anilines is 1. The Labute approximate surface area is 84.2 Å². The lowest BCUT2D eigenvalue weighted by Gasteiger charge is -2.04. The highest BCUT2D eigenvalue weighted by molar-refractivity contribution is 5.93. The molecule has 0 spiro atoms. The van der Waals surface area contributed by atoms with Crippen LogP contribution in [0.4, 0.5) is 5.82 Å². The molecule has 0 amide bonds. The summed E-state index contributed by atoms with van der Waals surface area (Å²) in [6, 6.07) is 6.79. The average molecular weight is 205 g/mol. The molecule has 0 aliphatic carbocycles. The van der Waals surface area contributed by atoms with Gasteiger partial charge in [0.1, 0.15) is 0 Å². The zero-order valence-electron chi connectivity index (χ0n) is 7.51. The molecule has 0 unspecified atom stereocenters. The number of nitrogens with zero attached hydrogens (tertiary/aromatic N) is 2. The Morgan fingerprint density at radius 1 is 1.27 bits per heavy atom. The lowest BCUT2D eigenvalue weighted by atomic mass is 10.2. The number of benzene rings is 1. The summed E-state index contributed by atoms with van der Waals surface area (Å²) in [5.41, 5.74) is 2.31. The molecule has 0 saturated carbocycles. The average Bonchev–Trinajstić information content (AvgIpc) is 2.27. The van der Waals surface area contributed by atoms with Crippen LogP contribution in [0.15, 0.2) is 24.3 Å². The first-order chi connectivity index (χ1) is 7.22. The Morgan fingerprint density at radius 2 is 2.00 bits per heavy atom. The Bertz CT molecular complexity index is 527. The van der Waals surface area contributed by atoms with Gasteiger partial charge < -0.3 is 5.11 Å². The fourth-order valence-corrected chi connectivity index (χ4v) is 1.26. The SMILES string of the molecule is O=C(O)c1nc(NO)c2ccccc2n1. The Balaban J connectivity index is 2.77. The van der Waals surface area contributed by atoms with Crippen molar-refractivity contribution in [3.05, 3.63) is 30.1 Å². The van der Waals surface area contributed by atoms with Gasteiger partial charge in [-0.05, 0) is 12.1 Å². The Kier molecular flexibility index (Phi) is 2.18.